The minimum Gasteiger partial charge on any atom is -0.476 e. The lowest BCUT2D eigenvalue weighted by Crippen LogP contribution is -2.52. The zero-order valence-corrected chi connectivity index (χ0v) is 23.5. The monoisotopic (exact) mass is 575 g/mol. The topological polar surface area (TPSA) is 89.8 Å². The lowest BCUT2D eigenvalue weighted by atomic mass is 9.99. The van der Waals surface area contributed by atoms with Crippen LogP contribution in [-0.4, -0.2) is 71.3 Å². The summed E-state index contributed by atoms with van der Waals surface area (Å²) in [5.74, 6) is 0.578. The van der Waals surface area contributed by atoms with Crippen molar-refractivity contribution in [3.63, 3.8) is 0 Å². The van der Waals surface area contributed by atoms with Gasteiger partial charge in [-0.25, -0.2) is 4.98 Å². The number of halogens is 3. The number of carbonyl (C=O) groups excluding carboxylic acids is 2. The molecule has 0 aliphatic carbocycles. The maximum atomic E-state index is 13.5. The van der Waals surface area contributed by atoms with Gasteiger partial charge in [-0.05, 0) is 75.8 Å². The molecular weight excluding hydrogens is 543 g/mol. The van der Waals surface area contributed by atoms with Gasteiger partial charge in [0.1, 0.15) is 19.2 Å². The first kappa shape index (κ1) is 31.0. The summed E-state index contributed by atoms with van der Waals surface area (Å²) >= 11 is 5.63. The largest absolute Gasteiger partial charge is 0.476 e. The molecule has 214 valence electrons. The Balaban J connectivity index is 1.69. The number of hydrogen-bond acceptors (Lipinski definition) is 7. The van der Waals surface area contributed by atoms with Gasteiger partial charge in [-0.3, -0.25) is 4.90 Å². The van der Waals surface area contributed by atoms with E-state index in [0.717, 1.165) is 57.2 Å². The molecular formula is C28H32F3N5O3S. The Morgan fingerprint density at radius 2 is 1.93 bits per heavy atom. The minimum absolute atomic E-state index is 0.119. The van der Waals surface area contributed by atoms with Gasteiger partial charge in [-0.15, -0.1) is 0 Å². The van der Waals surface area contributed by atoms with E-state index in [1.165, 1.54) is 18.0 Å². The molecule has 40 heavy (non-hydrogen) atoms. The highest BCUT2D eigenvalue weighted by atomic mass is 32.1. The van der Waals surface area contributed by atoms with Crippen molar-refractivity contribution in [1.29, 1.82) is 5.26 Å². The molecule has 1 aromatic heterocycles. The average Bonchev–Trinajstić information content (AvgIpc) is 2.95. The number of piperidine rings is 1. The summed E-state index contributed by atoms with van der Waals surface area (Å²) in [6.45, 7) is 6.36. The Morgan fingerprint density at radius 1 is 1.23 bits per heavy atom. The molecule has 1 aliphatic heterocycles. The maximum absolute atomic E-state index is 13.5. The lowest BCUT2D eigenvalue weighted by Gasteiger charge is -2.39. The van der Waals surface area contributed by atoms with Crippen molar-refractivity contribution in [3.05, 3.63) is 53.2 Å². The zero-order valence-electron chi connectivity index (χ0n) is 22.6. The van der Waals surface area contributed by atoms with Gasteiger partial charge in [0.2, 0.25) is 5.88 Å². The van der Waals surface area contributed by atoms with Gasteiger partial charge >= 0.3 is 6.18 Å². The van der Waals surface area contributed by atoms with Crippen LogP contribution < -0.4 is 9.64 Å². The van der Waals surface area contributed by atoms with Crippen molar-refractivity contribution in [2.45, 2.75) is 44.9 Å². The third-order valence-electron chi connectivity index (χ3n) is 6.94. The molecule has 0 unspecified atom stereocenters. The van der Waals surface area contributed by atoms with E-state index >= 15 is 0 Å². The normalized spacial score (nSPS) is 14.7. The first-order chi connectivity index (χ1) is 18.9. The zero-order chi connectivity index (χ0) is 29.5. The minimum atomic E-state index is -4.71. The second-order valence-electron chi connectivity index (χ2n) is 10.2. The number of likely N-dealkylation sites (tertiary alicyclic amines) is 1. The number of aldehydes is 2. The van der Waals surface area contributed by atoms with Crippen LogP contribution in [0.3, 0.4) is 0 Å². The molecule has 0 amide bonds. The molecule has 0 atom stereocenters. The van der Waals surface area contributed by atoms with Crippen LogP contribution in [0.15, 0.2) is 36.5 Å². The first-order valence-electron chi connectivity index (χ1n) is 12.8. The summed E-state index contributed by atoms with van der Waals surface area (Å²) in [7, 11) is 1.51. The molecule has 0 bridgehead atoms. The molecule has 0 N–H and O–H groups in total. The molecule has 8 nitrogen and oxygen atoms in total. The predicted octanol–water partition coefficient (Wildman–Crippen LogP) is 4.46. The number of pyridine rings is 1. The highest BCUT2D eigenvalue weighted by Gasteiger charge is 2.35. The van der Waals surface area contributed by atoms with Crippen molar-refractivity contribution in [1.82, 2.24) is 14.8 Å². The molecule has 1 aromatic carbocycles. The van der Waals surface area contributed by atoms with Crippen LogP contribution in [-0.2, 0) is 22.3 Å². The maximum Gasteiger partial charge on any atom is 0.417 e. The summed E-state index contributed by atoms with van der Waals surface area (Å²) in [6.07, 6.45) is 0.346. The summed E-state index contributed by atoms with van der Waals surface area (Å²) in [5.41, 5.74) is -1.80. The van der Waals surface area contributed by atoms with E-state index in [1.54, 1.807) is 43.1 Å². The van der Waals surface area contributed by atoms with Crippen LogP contribution in [0.25, 0.3) is 0 Å². The van der Waals surface area contributed by atoms with Crippen LogP contribution in [0.5, 0.6) is 5.88 Å². The number of thiocarbonyl (C=S) groups is 1. The number of anilines is 1. The first-order valence-corrected chi connectivity index (χ1v) is 13.2. The highest BCUT2D eigenvalue weighted by Crippen LogP contribution is 2.35. The van der Waals surface area contributed by atoms with Gasteiger partial charge in [0.25, 0.3) is 0 Å². The second-order valence-corrected chi connectivity index (χ2v) is 10.6. The van der Waals surface area contributed by atoms with E-state index in [-0.39, 0.29) is 23.3 Å². The van der Waals surface area contributed by atoms with Crippen LogP contribution in [0.2, 0.25) is 0 Å². The fourth-order valence-corrected chi connectivity index (χ4v) is 4.72. The Morgan fingerprint density at radius 3 is 2.48 bits per heavy atom. The van der Waals surface area contributed by atoms with Crippen LogP contribution in [0, 0.1) is 17.2 Å². The third-order valence-corrected chi connectivity index (χ3v) is 7.43. The standard InChI is InChI=1S/C28H32F3N5O3S/c1-27(2,19-38)36(26(40)34(3)23-6-5-22(15-32)24(14-23)28(29,30)31)17-21-4-7-25(33-16-21)39-13-12-35-10-8-20(18-37)9-11-35/h4-7,14,16,18-20H,8-13,17H2,1-3H3. The highest BCUT2D eigenvalue weighted by molar-refractivity contribution is 7.80. The molecule has 1 fully saturated rings. The van der Waals surface area contributed by atoms with Gasteiger partial charge in [0, 0.05) is 44.0 Å². The molecule has 0 spiro atoms. The Labute approximate surface area is 237 Å². The molecule has 12 heteroatoms. The molecule has 0 saturated carbocycles. The summed E-state index contributed by atoms with van der Waals surface area (Å²) in [6, 6.07) is 8.41. The van der Waals surface area contributed by atoms with Crippen molar-refractivity contribution in [3.8, 4) is 11.9 Å². The number of nitriles is 1. The number of rotatable bonds is 10. The van der Waals surface area contributed by atoms with Crippen molar-refractivity contribution < 1.29 is 27.5 Å². The fourth-order valence-electron chi connectivity index (χ4n) is 4.31. The number of aromatic nitrogens is 1. The molecule has 3 rings (SSSR count). The van der Waals surface area contributed by atoms with Crippen LogP contribution >= 0.6 is 12.2 Å². The van der Waals surface area contributed by atoms with Gasteiger partial charge in [0.15, 0.2) is 5.11 Å². The molecule has 2 aromatic rings. The van der Waals surface area contributed by atoms with Gasteiger partial charge in [-0.2, -0.15) is 18.4 Å². The van der Waals surface area contributed by atoms with Gasteiger partial charge in [-0.1, -0.05) is 6.07 Å². The second kappa shape index (κ2) is 13.2. The number of hydrogen-bond donors (Lipinski definition) is 0. The molecule has 0 radical (unpaired) electrons. The molecule has 1 aliphatic rings. The SMILES string of the molecule is CN(C(=S)N(Cc1ccc(OCCN2CCC(C=O)CC2)nc1)C(C)(C)C=O)c1ccc(C#N)c(C(F)(F)F)c1. The number of benzene rings is 1. The summed E-state index contributed by atoms with van der Waals surface area (Å²) in [5, 5.41) is 9.21. The van der Waals surface area contributed by atoms with Crippen LogP contribution in [0.4, 0.5) is 18.9 Å². The summed E-state index contributed by atoms with van der Waals surface area (Å²) < 4.78 is 46.3. The van der Waals surface area contributed by atoms with E-state index in [1.807, 2.05) is 0 Å². The van der Waals surface area contributed by atoms with E-state index in [0.29, 0.717) is 18.1 Å². The van der Waals surface area contributed by atoms with E-state index in [9.17, 15) is 22.8 Å². The lowest BCUT2D eigenvalue weighted by molar-refractivity contribution is -0.137. The predicted molar refractivity (Wildman–Crippen MR) is 148 cm³/mol. The number of carbonyl (C=O) groups is 2. The van der Waals surface area contributed by atoms with Gasteiger partial charge in [0.05, 0.1) is 22.7 Å². The Bertz CT molecular complexity index is 1240. The van der Waals surface area contributed by atoms with E-state index in [2.05, 4.69) is 9.88 Å². The average molecular weight is 576 g/mol. The van der Waals surface area contributed by atoms with Crippen LogP contribution in [0.1, 0.15) is 43.4 Å². The van der Waals surface area contributed by atoms with Gasteiger partial charge < -0.3 is 24.1 Å². The fraction of sp³-hybridized carbons (Fsp3) is 0.464. The number of ether oxygens (including phenoxy) is 1. The Hall–Kier alpha value is -3.56. The van der Waals surface area contributed by atoms with Crippen molar-refractivity contribution >= 4 is 35.6 Å². The number of alkyl halides is 3. The molecule has 1 saturated heterocycles. The summed E-state index contributed by atoms with van der Waals surface area (Å²) in [4.78, 5) is 32.4. The number of nitrogens with zero attached hydrogens (tertiary/aromatic N) is 5. The quantitative estimate of drug-likeness (QED) is 0.301. The third kappa shape index (κ3) is 7.76. The smallest absolute Gasteiger partial charge is 0.417 e. The Kier molecular flexibility index (Phi) is 10.2. The van der Waals surface area contributed by atoms with Crippen molar-refractivity contribution in [2.75, 3.05) is 38.2 Å². The van der Waals surface area contributed by atoms with Crippen molar-refractivity contribution in [2.24, 2.45) is 5.92 Å². The van der Waals surface area contributed by atoms with E-state index < -0.39 is 22.8 Å². The van der Waals surface area contributed by atoms with E-state index in [4.69, 9.17) is 22.2 Å². The molecule has 2 heterocycles.